The predicted octanol–water partition coefficient (Wildman–Crippen LogP) is 14.0. The smallest absolute Gasteiger partial charge is 0.129 e. The lowest BCUT2D eigenvalue weighted by atomic mass is 10.1. The monoisotopic (exact) mass is 779 g/mol. The van der Waals surface area contributed by atoms with Crippen LogP contribution in [0.3, 0.4) is 0 Å². The van der Waals surface area contributed by atoms with Crippen LogP contribution in [0.5, 0.6) is 0 Å². The molecular weight excluding hydrogens is 735 g/mol. The highest BCUT2D eigenvalue weighted by Crippen LogP contribution is 2.39. The molecule has 0 N–H and O–H groups in total. The van der Waals surface area contributed by atoms with Gasteiger partial charge in [-0.2, -0.15) is 0 Å². The van der Waals surface area contributed by atoms with Crippen LogP contribution in [0.15, 0.2) is 109 Å². The van der Waals surface area contributed by atoms with Crippen LogP contribution in [-0.2, 0) is 0 Å². The van der Waals surface area contributed by atoms with E-state index in [1.807, 2.05) is 0 Å². The van der Waals surface area contributed by atoms with Crippen molar-refractivity contribution in [3.8, 4) is 65.7 Å². The maximum atomic E-state index is 3.50. The zero-order chi connectivity index (χ0) is 37.1. The molecule has 7 heteroatoms. The molecule has 0 aliphatic rings. The quantitative estimate of drug-likeness (QED) is 0.120. The molecule has 0 spiro atoms. The Morgan fingerprint density at radius 3 is 0.827 bits per heavy atom. The number of rotatable bonds is 6. The van der Waals surface area contributed by atoms with E-state index in [1.54, 1.807) is 34.0 Å². The van der Waals surface area contributed by atoms with E-state index >= 15 is 0 Å². The molecule has 52 heavy (non-hydrogen) atoms. The Morgan fingerprint density at radius 2 is 0.596 bits per heavy atom. The fourth-order valence-electron chi connectivity index (χ4n) is 5.20. The molecule has 0 radical (unpaired) electrons. The first-order valence-electron chi connectivity index (χ1n) is 17.6. The van der Waals surface area contributed by atoms with Gasteiger partial charge in [-0.1, -0.05) is 113 Å². The van der Waals surface area contributed by atoms with Crippen LogP contribution in [-0.4, -0.2) is 24.2 Å². The van der Waals surface area contributed by atoms with Crippen LogP contribution in [0, 0.1) is 34.4 Å². The van der Waals surface area contributed by atoms with Gasteiger partial charge in [-0.05, 0) is 89.5 Å². The first kappa shape index (κ1) is 37.6. The van der Waals surface area contributed by atoms with E-state index in [0.717, 1.165) is 31.7 Å². The van der Waals surface area contributed by atoms with E-state index in [-0.39, 0.29) is 0 Å². The van der Waals surface area contributed by atoms with Crippen molar-refractivity contribution in [1.82, 2.24) is 0 Å². The van der Waals surface area contributed by atoms with Gasteiger partial charge in [0.15, 0.2) is 0 Å². The molecule has 0 atom stereocenters. The molecule has 0 aliphatic carbocycles. The maximum Gasteiger partial charge on any atom is 0.129 e. The van der Waals surface area contributed by atoms with Crippen LogP contribution >= 0.6 is 34.0 Å². The minimum Gasteiger partial charge on any atom is -0.311 e. The fraction of sp³-hybridized carbons (Fsp3) is 0.200. The molecule has 3 aromatic carbocycles. The Labute approximate surface area is 326 Å². The lowest BCUT2D eigenvalue weighted by Crippen LogP contribution is -2.16. The van der Waals surface area contributed by atoms with E-state index in [1.165, 1.54) is 31.3 Å². The fourth-order valence-corrected chi connectivity index (χ4v) is 9.60. The van der Waals surface area contributed by atoms with Crippen molar-refractivity contribution in [2.75, 3.05) is 4.90 Å². The lowest BCUT2D eigenvalue weighted by molar-refractivity contribution is 1.28. The third kappa shape index (κ3) is 10.3. The number of anilines is 3. The summed E-state index contributed by atoms with van der Waals surface area (Å²) in [7, 11) is -4.28. The number of hydrogen-bond donors (Lipinski definition) is 0. The summed E-state index contributed by atoms with van der Waals surface area (Å²) in [4.78, 5) is 9.44. The number of thiophene rings is 3. The summed E-state index contributed by atoms with van der Waals surface area (Å²) in [6.45, 7) is 20.6. The van der Waals surface area contributed by atoms with E-state index in [0.29, 0.717) is 0 Å². The van der Waals surface area contributed by atoms with Gasteiger partial charge in [0.2, 0.25) is 0 Å². The Morgan fingerprint density at radius 1 is 0.346 bits per heavy atom. The summed E-state index contributed by atoms with van der Waals surface area (Å²) in [5, 5.41) is 0. The van der Waals surface area contributed by atoms with Crippen molar-refractivity contribution in [2.24, 2.45) is 0 Å². The molecule has 0 aliphatic heterocycles. The van der Waals surface area contributed by atoms with Gasteiger partial charge in [-0.15, -0.1) is 50.6 Å². The summed E-state index contributed by atoms with van der Waals surface area (Å²) >= 11 is 5.30. The normalized spacial score (nSPS) is 11.5. The molecule has 0 saturated heterocycles. The third-order valence-electron chi connectivity index (χ3n) is 7.73. The zero-order valence-electron chi connectivity index (χ0n) is 31.6. The van der Waals surface area contributed by atoms with Gasteiger partial charge in [-0.25, -0.2) is 0 Å². The molecule has 0 fully saturated rings. The molecule has 0 saturated carbocycles. The second-order valence-corrected chi connectivity index (χ2v) is 33.5. The Kier molecular flexibility index (Phi) is 11.2. The van der Waals surface area contributed by atoms with E-state index in [9.17, 15) is 0 Å². The number of hydrogen-bond acceptors (Lipinski definition) is 4. The molecule has 3 aromatic heterocycles. The minimum absolute atomic E-state index is 1.11. The molecule has 0 unspecified atom stereocenters. The summed E-state index contributed by atoms with van der Waals surface area (Å²) in [5.41, 5.74) is 17.5. The van der Waals surface area contributed by atoms with Gasteiger partial charge in [0.1, 0.15) is 24.2 Å². The van der Waals surface area contributed by atoms with Crippen molar-refractivity contribution in [3.05, 3.63) is 124 Å². The average Bonchev–Trinajstić information content (AvgIpc) is 3.88. The van der Waals surface area contributed by atoms with Gasteiger partial charge in [0.05, 0.1) is 14.6 Å². The summed E-state index contributed by atoms with van der Waals surface area (Å²) in [6.07, 6.45) is 0. The first-order valence-corrected chi connectivity index (χ1v) is 30.5. The summed E-state index contributed by atoms with van der Waals surface area (Å²) < 4.78 is 0. The topological polar surface area (TPSA) is 3.24 Å². The molecule has 6 rings (SSSR count). The molecular formula is C45H45NS3Si3. The molecule has 0 amide bonds. The lowest BCUT2D eigenvalue weighted by Gasteiger charge is -2.26. The number of nitrogens with zero attached hydrogens (tertiary/aromatic N) is 1. The van der Waals surface area contributed by atoms with Crippen molar-refractivity contribution >= 4 is 75.3 Å². The van der Waals surface area contributed by atoms with Crippen LogP contribution in [0.1, 0.15) is 14.6 Å². The van der Waals surface area contributed by atoms with E-state index < -0.39 is 24.2 Å². The van der Waals surface area contributed by atoms with Crippen LogP contribution in [0.4, 0.5) is 17.1 Å². The third-order valence-corrected chi connectivity index (χ3v) is 13.5. The largest absolute Gasteiger partial charge is 0.311 e. The highest BCUT2D eigenvalue weighted by atomic mass is 32.1. The Hall–Kier alpha value is -4.11. The molecule has 260 valence electrons. The number of benzene rings is 3. The first-order chi connectivity index (χ1) is 24.6. The predicted molar refractivity (Wildman–Crippen MR) is 242 cm³/mol. The minimum atomic E-state index is -1.43. The van der Waals surface area contributed by atoms with E-state index in [2.05, 4.69) is 207 Å². The van der Waals surface area contributed by atoms with Crippen molar-refractivity contribution in [2.45, 2.75) is 58.9 Å². The van der Waals surface area contributed by atoms with Crippen molar-refractivity contribution in [1.29, 1.82) is 0 Å². The van der Waals surface area contributed by atoms with Crippen molar-refractivity contribution in [3.63, 3.8) is 0 Å². The highest BCUT2D eigenvalue weighted by molar-refractivity contribution is 7.16. The average molecular weight is 780 g/mol. The maximum absolute atomic E-state index is 3.50. The van der Waals surface area contributed by atoms with Gasteiger partial charge in [-0.3, -0.25) is 0 Å². The van der Waals surface area contributed by atoms with Gasteiger partial charge in [0, 0.05) is 31.7 Å². The summed E-state index contributed by atoms with van der Waals surface area (Å²) in [6, 6.07) is 39.8. The molecule has 1 nitrogen and oxygen atoms in total. The zero-order valence-corrected chi connectivity index (χ0v) is 37.0. The van der Waals surface area contributed by atoms with Gasteiger partial charge < -0.3 is 4.90 Å². The SMILES string of the molecule is C[Si](C)(C)C#Cc1ccc(-c2ccc(N(c3ccc(-c4ccc(C#C[Si](C)(C)C)s4)cc3)c3ccc(-c4ccc(C#C[Si](C)(C)C)s4)cc3)cc2)s1. The van der Waals surface area contributed by atoms with Crippen LogP contribution < -0.4 is 4.90 Å². The second kappa shape index (κ2) is 15.5. The molecule has 3 heterocycles. The van der Waals surface area contributed by atoms with Crippen molar-refractivity contribution < 1.29 is 0 Å². The second-order valence-electron chi connectivity index (χ2n) is 16.0. The highest BCUT2D eigenvalue weighted by Gasteiger charge is 2.16. The Bertz CT molecular complexity index is 2090. The molecule has 0 bridgehead atoms. The van der Waals surface area contributed by atoms with Gasteiger partial charge >= 0.3 is 0 Å². The summed E-state index contributed by atoms with van der Waals surface area (Å²) in [5.74, 6) is 10.3. The van der Waals surface area contributed by atoms with Gasteiger partial charge in [0.25, 0.3) is 0 Å². The standard InChI is InChI=1S/C45H45NS3Si3/c1-50(2,3)31-28-40-22-25-43(47-40)34-10-16-37(17-11-34)46(38-18-12-35(13-19-38)44-26-23-41(48-44)29-32-51(4,5)6)39-20-14-36(15-21-39)45-27-24-42(49-45)30-33-52(7,8)9/h10-27H,1-9H3. The van der Waals surface area contributed by atoms with Crippen LogP contribution in [0.2, 0.25) is 58.9 Å². The van der Waals surface area contributed by atoms with Crippen LogP contribution in [0.25, 0.3) is 31.3 Å². The van der Waals surface area contributed by atoms with E-state index in [4.69, 9.17) is 0 Å². The Balaban J connectivity index is 1.31. The molecule has 6 aromatic rings.